The summed E-state index contributed by atoms with van der Waals surface area (Å²) in [5, 5.41) is 12.4. The van der Waals surface area contributed by atoms with E-state index in [1.165, 1.54) is 29.3 Å². The van der Waals surface area contributed by atoms with Crippen molar-refractivity contribution >= 4 is 34.7 Å². The number of carbonyl (C=O) groups is 1. The van der Waals surface area contributed by atoms with Gasteiger partial charge in [0.1, 0.15) is 0 Å². The molecule has 1 atom stereocenters. The fourth-order valence-electron chi connectivity index (χ4n) is 2.93. The van der Waals surface area contributed by atoms with Crippen LogP contribution in [0, 0.1) is 0 Å². The van der Waals surface area contributed by atoms with E-state index >= 15 is 0 Å². The van der Waals surface area contributed by atoms with Gasteiger partial charge >= 0.3 is 0 Å². The van der Waals surface area contributed by atoms with Gasteiger partial charge in [-0.05, 0) is 60.9 Å². The molecule has 4 rings (SSSR count). The lowest BCUT2D eigenvalue weighted by Crippen LogP contribution is -2.22. The van der Waals surface area contributed by atoms with Crippen LogP contribution in [-0.4, -0.2) is 26.3 Å². The fourth-order valence-corrected chi connectivity index (χ4v) is 4.32. The highest BCUT2D eigenvalue weighted by atomic mass is 32.2. The van der Waals surface area contributed by atoms with Crippen LogP contribution in [-0.2, 0) is 17.6 Å². The molecule has 25 heavy (non-hydrogen) atoms. The molecule has 0 saturated heterocycles. The summed E-state index contributed by atoms with van der Waals surface area (Å²) >= 11 is 2.96. The van der Waals surface area contributed by atoms with E-state index in [1.54, 1.807) is 11.3 Å². The summed E-state index contributed by atoms with van der Waals surface area (Å²) in [5.41, 5.74) is 3.63. The van der Waals surface area contributed by atoms with Crippen molar-refractivity contribution in [3.63, 3.8) is 0 Å². The number of nitrogens with zero attached hydrogens (tertiary/aromatic N) is 2. The fraction of sp³-hybridized carbons (Fsp3) is 0.278. The van der Waals surface area contributed by atoms with Gasteiger partial charge in [0.25, 0.3) is 0 Å². The van der Waals surface area contributed by atoms with Crippen molar-refractivity contribution in [1.82, 2.24) is 15.2 Å². The second-order valence-corrected chi connectivity index (χ2v) is 8.29. The minimum atomic E-state index is -0.278. The first kappa shape index (κ1) is 16.4. The Balaban J connectivity index is 1.39. The lowest BCUT2D eigenvalue weighted by molar-refractivity contribution is -0.115. The number of carbonyl (C=O) groups excluding carboxylic acids is 1. The number of aromatic nitrogens is 3. The predicted octanol–water partition coefficient (Wildman–Crippen LogP) is 4.14. The van der Waals surface area contributed by atoms with Crippen LogP contribution in [0.1, 0.15) is 24.5 Å². The molecule has 0 unspecified atom stereocenters. The summed E-state index contributed by atoms with van der Waals surface area (Å²) in [6.07, 6.45) is 3.45. The minimum Gasteiger partial charge on any atom is -0.325 e. The molecular weight excluding hydrogens is 352 g/mol. The molecule has 128 valence electrons. The number of nitrogens with one attached hydrogen (secondary N) is 2. The number of aryl methyl sites for hydroxylation is 2. The maximum atomic E-state index is 12.5. The Morgan fingerprint density at radius 1 is 1.32 bits per heavy atom. The molecule has 2 aromatic heterocycles. The molecule has 1 aliphatic rings. The number of thiophene rings is 1. The minimum absolute atomic E-state index is 0.0366. The van der Waals surface area contributed by atoms with E-state index in [2.05, 4.69) is 32.6 Å². The van der Waals surface area contributed by atoms with Gasteiger partial charge in [-0.1, -0.05) is 23.9 Å². The smallest absolute Gasteiger partial charge is 0.237 e. The lowest BCUT2D eigenvalue weighted by atomic mass is 10.1. The summed E-state index contributed by atoms with van der Waals surface area (Å²) in [4.78, 5) is 17.9. The zero-order valence-corrected chi connectivity index (χ0v) is 15.4. The van der Waals surface area contributed by atoms with Crippen LogP contribution in [0.5, 0.6) is 0 Å². The standard InChI is InChI=1S/C18H18N4OS2/c1-11(25-18-20-16(21-22-18)15-6-3-9-24-15)17(23)19-14-8-7-12-4-2-5-13(12)10-14/h3,6-11H,2,4-5H2,1H3,(H,19,23)(H,20,21,22)/t11-/m0/s1. The van der Waals surface area contributed by atoms with E-state index < -0.39 is 0 Å². The van der Waals surface area contributed by atoms with Gasteiger partial charge in [0, 0.05) is 5.69 Å². The first-order valence-corrected chi connectivity index (χ1v) is 10.0. The van der Waals surface area contributed by atoms with Crippen molar-refractivity contribution in [2.24, 2.45) is 0 Å². The highest BCUT2D eigenvalue weighted by Gasteiger charge is 2.19. The molecule has 0 bridgehead atoms. The van der Waals surface area contributed by atoms with Crippen molar-refractivity contribution < 1.29 is 4.79 Å². The van der Waals surface area contributed by atoms with Gasteiger partial charge in [-0.15, -0.1) is 16.4 Å². The molecule has 7 heteroatoms. The number of thioether (sulfide) groups is 1. The molecular formula is C18H18N4OS2. The third-order valence-corrected chi connectivity index (χ3v) is 6.07. The average Bonchev–Trinajstić information content (AvgIpc) is 3.35. The number of H-pyrrole nitrogens is 1. The topological polar surface area (TPSA) is 70.7 Å². The Morgan fingerprint density at radius 3 is 3.04 bits per heavy atom. The second kappa shape index (κ2) is 7.01. The molecule has 2 heterocycles. The zero-order valence-electron chi connectivity index (χ0n) is 13.8. The number of rotatable bonds is 5. The van der Waals surface area contributed by atoms with Gasteiger partial charge in [0.2, 0.25) is 11.1 Å². The first-order valence-electron chi connectivity index (χ1n) is 8.24. The molecule has 1 aromatic carbocycles. The van der Waals surface area contributed by atoms with Crippen molar-refractivity contribution in [2.75, 3.05) is 5.32 Å². The second-order valence-electron chi connectivity index (χ2n) is 6.03. The van der Waals surface area contributed by atoms with Crippen LogP contribution in [0.25, 0.3) is 10.7 Å². The van der Waals surface area contributed by atoms with Gasteiger partial charge in [0.15, 0.2) is 5.82 Å². The first-order chi connectivity index (χ1) is 12.2. The molecule has 1 amide bonds. The highest BCUT2D eigenvalue weighted by Crippen LogP contribution is 2.27. The number of fused-ring (bicyclic) bond motifs is 1. The third-order valence-electron chi connectivity index (χ3n) is 4.24. The molecule has 5 nitrogen and oxygen atoms in total. The predicted molar refractivity (Wildman–Crippen MR) is 102 cm³/mol. The van der Waals surface area contributed by atoms with Gasteiger partial charge in [-0.2, -0.15) is 0 Å². The van der Waals surface area contributed by atoms with E-state index in [9.17, 15) is 4.79 Å². The summed E-state index contributed by atoms with van der Waals surface area (Å²) in [6, 6.07) is 10.2. The summed E-state index contributed by atoms with van der Waals surface area (Å²) in [5.74, 6) is 0.703. The Morgan fingerprint density at radius 2 is 2.20 bits per heavy atom. The van der Waals surface area contributed by atoms with Crippen molar-refractivity contribution in [1.29, 1.82) is 0 Å². The number of amides is 1. The molecule has 1 aliphatic carbocycles. The van der Waals surface area contributed by atoms with Crippen LogP contribution in [0.15, 0.2) is 40.9 Å². The van der Waals surface area contributed by atoms with Crippen LogP contribution in [0.2, 0.25) is 0 Å². The molecule has 0 aliphatic heterocycles. The van der Waals surface area contributed by atoms with Crippen LogP contribution in [0.3, 0.4) is 0 Å². The number of hydrogen-bond donors (Lipinski definition) is 2. The normalized spacial score (nSPS) is 14.3. The van der Waals surface area contributed by atoms with E-state index in [4.69, 9.17) is 0 Å². The van der Waals surface area contributed by atoms with Gasteiger partial charge in [0.05, 0.1) is 10.1 Å². The van der Waals surface area contributed by atoms with Gasteiger partial charge < -0.3 is 5.32 Å². The number of benzene rings is 1. The zero-order chi connectivity index (χ0) is 17.2. The molecule has 3 aromatic rings. The quantitative estimate of drug-likeness (QED) is 0.662. The SMILES string of the molecule is C[C@H](Sc1n[nH]c(-c2cccs2)n1)C(=O)Nc1ccc2c(c1)CCC2. The van der Waals surface area contributed by atoms with Gasteiger partial charge in [-0.3, -0.25) is 9.89 Å². The largest absolute Gasteiger partial charge is 0.325 e. The van der Waals surface area contributed by atoms with Crippen LogP contribution < -0.4 is 5.32 Å². The average molecular weight is 371 g/mol. The van der Waals surface area contributed by atoms with Crippen molar-refractivity contribution in [3.8, 4) is 10.7 Å². The van der Waals surface area contributed by atoms with Crippen LogP contribution in [0.4, 0.5) is 5.69 Å². The number of anilines is 1. The van der Waals surface area contributed by atoms with Gasteiger partial charge in [-0.25, -0.2) is 4.98 Å². The van der Waals surface area contributed by atoms with Crippen molar-refractivity contribution in [3.05, 3.63) is 46.8 Å². The van der Waals surface area contributed by atoms with E-state index in [1.807, 2.05) is 30.5 Å². The van der Waals surface area contributed by atoms with E-state index in [0.717, 1.165) is 29.2 Å². The number of aromatic amines is 1. The summed E-state index contributed by atoms with van der Waals surface area (Å²) in [7, 11) is 0. The highest BCUT2D eigenvalue weighted by molar-refractivity contribution is 8.00. The van der Waals surface area contributed by atoms with Crippen LogP contribution >= 0.6 is 23.1 Å². The summed E-state index contributed by atoms with van der Waals surface area (Å²) < 4.78 is 0. The Kier molecular flexibility index (Phi) is 4.59. The Hall–Kier alpha value is -2.12. The molecule has 0 saturated carbocycles. The summed E-state index contributed by atoms with van der Waals surface area (Å²) in [6.45, 7) is 1.87. The maximum Gasteiger partial charge on any atom is 0.237 e. The molecule has 0 radical (unpaired) electrons. The van der Waals surface area contributed by atoms with E-state index in [0.29, 0.717) is 5.16 Å². The third kappa shape index (κ3) is 3.62. The maximum absolute atomic E-state index is 12.5. The molecule has 0 spiro atoms. The lowest BCUT2D eigenvalue weighted by Gasteiger charge is -2.11. The monoisotopic (exact) mass is 370 g/mol. The van der Waals surface area contributed by atoms with Crippen molar-refractivity contribution in [2.45, 2.75) is 36.6 Å². The van der Waals surface area contributed by atoms with E-state index in [-0.39, 0.29) is 11.2 Å². The Bertz CT molecular complexity index is 888. The molecule has 2 N–H and O–H groups in total. The molecule has 0 fully saturated rings. The number of hydrogen-bond acceptors (Lipinski definition) is 5. The Labute approximate surface area is 154 Å².